The van der Waals surface area contributed by atoms with E-state index in [2.05, 4.69) is 10.3 Å². The molecule has 0 saturated carbocycles. The maximum atomic E-state index is 10.9. The normalized spacial score (nSPS) is 10.1. The van der Waals surface area contributed by atoms with Gasteiger partial charge in [0.15, 0.2) is 6.29 Å². The van der Waals surface area contributed by atoms with Crippen LogP contribution < -0.4 is 5.73 Å². The van der Waals surface area contributed by atoms with E-state index in [0.717, 1.165) is 5.56 Å². The third kappa shape index (κ3) is 2.54. The lowest BCUT2D eigenvalue weighted by atomic mass is 10.1. The molecule has 0 saturated heterocycles. The van der Waals surface area contributed by atoms with Gasteiger partial charge in [-0.2, -0.15) is 0 Å². The van der Waals surface area contributed by atoms with E-state index in [-0.39, 0.29) is 0 Å². The summed E-state index contributed by atoms with van der Waals surface area (Å²) in [5, 5.41) is 7.43. The van der Waals surface area contributed by atoms with Gasteiger partial charge in [0, 0.05) is 5.56 Å². The van der Waals surface area contributed by atoms with Crippen LogP contribution in [-0.4, -0.2) is 27.2 Å². The highest BCUT2D eigenvalue weighted by Crippen LogP contribution is 2.05. The van der Waals surface area contributed by atoms with E-state index in [1.165, 1.54) is 0 Å². The summed E-state index contributed by atoms with van der Waals surface area (Å²) >= 11 is 0. The summed E-state index contributed by atoms with van der Waals surface area (Å²) in [7, 11) is 0. The van der Waals surface area contributed by atoms with Crippen LogP contribution in [-0.2, 0) is 6.54 Å². The molecule has 1 amide bonds. The predicted molar refractivity (Wildman–Crippen MR) is 59.5 cm³/mol. The Balaban J connectivity index is 2.13. The first kappa shape index (κ1) is 11.0. The number of nitrogens with zero attached hydrogens (tertiary/aromatic N) is 3. The largest absolute Gasteiger partial charge is 0.366 e. The molecule has 0 spiro atoms. The minimum Gasteiger partial charge on any atom is -0.366 e. The molecule has 0 aliphatic rings. The molecule has 1 aromatic carbocycles. The SMILES string of the molecule is NC(=O)c1ccc(Cn2cc(C=O)nn2)cc1. The molecule has 2 N–H and O–H groups in total. The molecule has 0 aliphatic heterocycles. The number of carbonyl (C=O) groups excluding carboxylic acids is 2. The Labute approximate surface area is 97.0 Å². The van der Waals surface area contributed by atoms with Crippen molar-refractivity contribution >= 4 is 12.2 Å². The Morgan fingerprint density at radius 3 is 2.59 bits per heavy atom. The van der Waals surface area contributed by atoms with Crippen LogP contribution in [0.2, 0.25) is 0 Å². The van der Waals surface area contributed by atoms with Crippen molar-refractivity contribution in [1.82, 2.24) is 15.0 Å². The highest BCUT2D eigenvalue weighted by molar-refractivity contribution is 5.92. The topological polar surface area (TPSA) is 90.9 Å². The van der Waals surface area contributed by atoms with E-state index in [4.69, 9.17) is 5.73 Å². The summed E-state index contributed by atoms with van der Waals surface area (Å²) in [5.41, 5.74) is 6.82. The number of amides is 1. The predicted octanol–water partition coefficient (Wildman–Crippen LogP) is 0.238. The van der Waals surface area contributed by atoms with Crippen molar-refractivity contribution in [3.63, 3.8) is 0 Å². The van der Waals surface area contributed by atoms with E-state index < -0.39 is 5.91 Å². The van der Waals surface area contributed by atoms with Gasteiger partial charge in [-0.3, -0.25) is 9.59 Å². The number of carbonyl (C=O) groups is 2. The third-order valence-electron chi connectivity index (χ3n) is 2.26. The zero-order valence-electron chi connectivity index (χ0n) is 8.91. The molecule has 0 aliphatic carbocycles. The first-order chi connectivity index (χ1) is 8.19. The molecule has 0 atom stereocenters. The second-order valence-corrected chi connectivity index (χ2v) is 3.52. The first-order valence-electron chi connectivity index (χ1n) is 4.93. The van der Waals surface area contributed by atoms with Gasteiger partial charge < -0.3 is 5.73 Å². The maximum absolute atomic E-state index is 10.9. The Morgan fingerprint density at radius 1 is 1.35 bits per heavy atom. The maximum Gasteiger partial charge on any atom is 0.248 e. The van der Waals surface area contributed by atoms with Crippen LogP contribution in [0, 0.1) is 0 Å². The highest BCUT2D eigenvalue weighted by atomic mass is 16.1. The lowest BCUT2D eigenvalue weighted by Crippen LogP contribution is -2.10. The Kier molecular flexibility index (Phi) is 2.95. The van der Waals surface area contributed by atoms with E-state index in [9.17, 15) is 9.59 Å². The van der Waals surface area contributed by atoms with Gasteiger partial charge in [0.05, 0.1) is 12.7 Å². The van der Waals surface area contributed by atoms with E-state index in [1.54, 1.807) is 35.1 Å². The number of aldehydes is 1. The monoisotopic (exact) mass is 230 g/mol. The number of hydrogen-bond acceptors (Lipinski definition) is 4. The van der Waals surface area contributed by atoms with E-state index in [0.29, 0.717) is 24.1 Å². The van der Waals surface area contributed by atoms with Crippen LogP contribution in [0.25, 0.3) is 0 Å². The number of hydrogen-bond donors (Lipinski definition) is 1. The van der Waals surface area contributed by atoms with Crippen molar-refractivity contribution in [2.75, 3.05) is 0 Å². The van der Waals surface area contributed by atoms with Gasteiger partial charge in [0.25, 0.3) is 0 Å². The summed E-state index contributed by atoms with van der Waals surface area (Å²) in [4.78, 5) is 21.3. The molecule has 86 valence electrons. The van der Waals surface area contributed by atoms with Crippen molar-refractivity contribution in [3.05, 3.63) is 47.3 Å². The van der Waals surface area contributed by atoms with Crippen LogP contribution in [0.15, 0.2) is 30.5 Å². The minimum atomic E-state index is -0.458. The molecule has 0 fully saturated rings. The Hall–Kier alpha value is -2.50. The molecule has 0 radical (unpaired) electrons. The molecule has 0 bridgehead atoms. The van der Waals surface area contributed by atoms with Crippen molar-refractivity contribution < 1.29 is 9.59 Å². The molecule has 17 heavy (non-hydrogen) atoms. The minimum absolute atomic E-state index is 0.291. The van der Waals surface area contributed by atoms with E-state index in [1.807, 2.05) is 0 Å². The lowest BCUT2D eigenvalue weighted by molar-refractivity contribution is 0.1000. The number of primary amides is 1. The molecule has 1 heterocycles. The smallest absolute Gasteiger partial charge is 0.248 e. The molecule has 6 heteroatoms. The standard InChI is InChI=1S/C11H10N4O2/c12-11(17)9-3-1-8(2-4-9)5-15-6-10(7-16)13-14-15/h1-4,6-7H,5H2,(H2,12,17). The lowest BCUT2D eigenvalue weighted by Gasteiger charge is -2.01. The Bertz CT molecular complexity index is 545. The van der Waals surface area contributed by atoms with Crippen molar-refractivity contribution in [2.24, 2.45) is 5.73 Å². The Morgan fingerprint density at radius 2 is 2.06 bits per heavy atom. The second kappa shape index (κ2) is 4.56. The van der Waals surface area contributed by atoms with Crippen LogP contribution >= 0.6 is 0 Å². The molecule has 1 aromatic heterocycles. The summed E-state index contributed by atoms with van der Waals surface area (Å²) in [6.07, 6.45) is 2.19. The van der Waals surface area contributed by atoms with Crippen molar-refractivity contribution in [3.8, 4) is 0 Å². The number of rotatable bonds is 4. The third-order valence-corrected chi connectivity index (χ3v) is 2.26. The van der Waals surface area contributed by atoms with Crippen LogP contribution in [0.4, 0.5) is 0 Å². The molecular weight excluding hydrogens is 220 g/mol. The van der Waals surface area contributed by atoms with Gasteiger partial charge >= 0.3 is 0 Å². The average molecular weight is 230 g/mol. The van der Waals surface area contributed by atoms with Gasteiger partial charge in [-0.05, 0) is 17.7 Å². The zero-order chi connectivity index (χ0) is 12.3. The van der Waals surface area contributed by atoms with Gasteiger partial charge in [-0.1, -0.05) is 17.3 Å². The van der Waals surface area contributed by atoms with Crippen molar-refractivity contribution in [2.45, 2.75) is 6.54 Å². The van der Waals surface area contributed by atoms with Crippen LogP contribution in [0.5, 0.6) is 0 Å². The van der Waals surface area contributed by atoms with E-state index >= 15 is 0 Å². The van der Waals surface area contributed by atoms with Gasteiger partial charge in [0.1, 0.15) is 5.69 Å². The van der Waals surface area contributed by atoms with Gasteiger partial charge in [-0.15, -0.1) is 5.10 Å². The molecule has 0 unspecified atom stereocenters. The summed E-state index contributed by atoms with van der Waals surface area (Å²) in [5.74, 6) is -0.458. The molecular formula is C11H10N4O2. The van der Waals surface area contributed by atoms with Crippen LogP contribution in [0.1, 0.15) is 26.4 Å². The van der Waals surface area contributed by atoms with Crippen molar-refractivity contribution in [1.29, 1.82) is 0 Å². The first-order valence-corrected chi connectivity index (χ1v) is 4.93. The summed E-state index contributed by atoms with van der Waals surface area (Å²) in [6.45, 7) is 0.486. The summed E-state index contributed by atoms with van der Waals surface area (Å²) < 4.78 is 1.54. The molecule has 2 aromatic rings. The molecule has 2 rings (SSSR count). The fraction of sp³-hybridized carbons (Fsp3) is 0.0909. The van der Waals surface area contributed by atoms with Gasteiger partial charge in [0.2, 0.25) is 5.91 Å². The number of benzene rings is 1. The number of aromatic nitrogens is 3. The fourth-order valence-corrected chi connectivity index (χ4v) is 1.41. The second-order valence-electron chi connectivity index (χ2n) is 3.52. The zero-order valence-corrected chi connectivity index (χ0v) is 8.91. The fourth-order valence-electron chi connectivity index (χ4n) is 1.41. The quantitative estimate of drug-likeness (QED) is 0.761. The summed E-state index contributed by atoms with van der Waals surface area (Å²) in [6, 6.07) is 6.86. The average Bonchev–Trinajstić information content (AvgIpc) is 2.77. The molecule has 6 nitrogen and oxygen atoms in total. The van der Waals surface area contributed by atoms with Crippen LogP contribution in [0.3, 0.4) is 0 Å². The number of nitrogens with two attached hydrogens (primary N) is 1. The highest BCUT2D eigenvalue weighted by Gasteiger charge is 2.02. The van der Waals surface area contributed by atoms with Gasteiger partial charge in [-0.25, -0.2) is 4.68 Å².